The van der Waals surface area contributed by atoms with Crippen molar-refractivity contribution in [2.24, 2.45) is 0 Å². The first-order valence-electron chi connectivity index (χ1n) is 13.1. The summed E-state index contributed by atoms with van der Waals surface area (Å²) in [6.07, 6.45) is 3.43. The second-order valence-electron chi connectivity index (χ2n) is 9.73. The van der Waals surface area contributed by atoms with Crippen molar-refractivity contribution in [3.8, 4) is 0 Å². The quantitative estimate of drug-likeness (QED) is 0.194. The van der Waals surface area contributed by atoms with E-state index in [1.807, 2.05) is 96.4 Å². The number of fused-ring (bicyclic) bond motifs is 1. The van der Waals surface area contributed by atoms with Crippen molar-refractivity contribution in [2.75, 3.05) is 11.9 Å². The molecule has 0 N–H and O–H groups in total. The lowest BCUT2D eigenvalue weighted by Crippen LogP contribution is -2.32. The lowest BCUT2D eigenvalue weighted by Gasteiger charge is -2.28. The van der Waals surface area contributed by atoms with Gasteiger partial charge in [0, 0.05) is 24.2 Å². The van der Waals surface area contributed by atoms with Crippen molar-refractivity contribution in [3.63, 3.8) is 0 Å². The summed E-state index contributed by atoms with van der Waals surface area (Å²) in [5, 5.41) is 2.52. The molecule has 0 fully saturated rings. The Labute approximate surface area is 243 Å². The maximum Gasteiger partial charge on any atom is 0.259 e. The van der Waals surface area contributed by atoms with Crippen molar-refractivity contribution in [3.05, 3.63) is 148 Å². The number of aromatic nitrogens is 1. The molecule has 1 aromatic heterocycles. The van der Waals surface area contributed by atoms with Crippen molar-refractivity contribution in [2.45, 2.75) is 17.5 Å². The lowest BCUT2D eigenvalue weighted by atomic mass is 9.99. The van der Waals surface area contributed by atoms with Gasteiger partial charge in [-0.25, -0.2) is 13.4 Å². The van der Waals surface area contributed by atoms with E-state index in [4.69, 9.17) is 0 Å². The van der Waals surface area contributed by atoms with Gasteiger partial charge in [-0.1, -0.05) is 91.0 Å². The van der Waals surface area contributed by atoms with E-state index in [2.05, 4.69) is 4.98 Å². The molecule has 0 saturated carbocycles. The van der Waals surface area contributed by atoms with Crippen molar-refractivity contribution < 1.29 is 13.2 Å². The van der Waals surface area contributed by atoms with E-state index >= 15 is 0 Å². The number of hydrogen-bond donors (Lipinski definition) is 0. The number of rotatable bonds is 8. The van der Waals surface area contributed by atoms with E-state index in [1.165, 1.54) is 15.6 Å². The van der Waals surface area contributed by atoms with Gasteiger partial charge in [0.25, 0.3) is 5.91 Å². The van der Waals surface area contributed by atoms with Crippen LogP contribution in [-0.4, -0.2) is 30.7 Å². The lowest BCUT2D eigenvalue weighted by molar-refractivity contribution is -0.113. The fourth-order valence-corrected chi connectivity index (χ4v) is 7.11. The molecule has 1 aliphatic heterocycles. The third-order valence-corrected chi connectivity index (χ3v) is 9.74. The Morgan fingerprint density at radius 3 is 2.07 bits per heavy atom. The average molecular weight is 578 g/mol. The van der Waals surface area contributed by atoms with Gasteiger partial charge < -0.3 is 4.90 Å². The molecule has 0 bridgehead atoms. The zero-order chi connectivity index (χ0) is 28.4. The molecule has 0 saturated heterocycles. The highest BCUT2D eigenvalue weighted by Crippen LogP contribution is 2.41. The molecule has 1 amide bonds. The van der Waals surface area contributed by atoms with Crippen LogP contribution in [-0.2, 0) is 21.4 Å². The maximum absolute atomic E-state index is 14.2. The van der Waals surface area contributed by atoms with Crippen LogP contribution in [0, 0.1) is 0 Å². The fourth-order valence-electron chi connectivity index (χ4n) is 5.18. The van der Waals surface area contributed by atoms with Crippen LogP contribution in [0.4, 0.5) is 5.69 Å². The van der Waals surface area contributed by atoms with Gasteiger partial charge in [-0.15, -0.1) is 11.3 Å². The van der Waals surface area contributed by atoms with E-state index in [0.717, 1.165) is 16.7 Å². The minimum atomic E-state index is -3.97. The van der Waals surface area contributed by atoms with Crippen LogP contribution >= 0.6 is 11.3 Å². The normalized spacial score (nSPS) is 14.3. The Balaban J connectivity index is 1.44. The van der Waals surface area contributed by atoms with Crippen LogP contribution in [0.3, 0.4) is 0 Å². The molecule has 8 heteroatoms. The number of carbonyl (C=O) groups excluding carboxylic acids is 1. The molecule has 204 valence electrons. The molecule has 6 rings (SSSR count). The highest BCUT2D eigenvalue weighted by atomic mass is 32.2. The summed E-state index contributed by atoms with van der Waals surface area (Å²) < 4.78 is 29.8. The van der Waals surface area contributed by atoms with Crippen molar-refractivity contribution >= 4 is 44.6 Å². The van der Waals surface area contributed by atoms with Crippen LogP contribution in [0.2, 0.25) is 0 Å². The standard InChI is InChI=1S/C33H27N3O3S2/c1-35(32(25-13-7-3-8-14-25)26-15-9-4-10-16-26)41(38,39)27-17-18-30-28(21-27)29(22-31-34-19-20-40-31)33(37)36(30)23-24-11-5-2-6-12-24/h2-22,32H,23H2,1H3/b29-22+. The second kappa shape index (κ2) is 11.2. The Bertz CT molecular complexity index is 1770. The zero-order valence-corrected chi connectivity index (χ0v) is 23.9. The van der Waals surface area contributed by atoms with E-state index in [9.17, 15) is 13.2 Å². The van der Waals surface area contributed by atoms with Crippen LogP contribution in [0.15, 0.2) is 126 Å². The third-order valence-electron chi connectivity index (χ3n) is 7.20. The van der Waals surface area contributed by atoms with Gasteiger partial charge in [0.1, 0.15) is 5.01 Å². The summed E-state index contributed by atoms with van der Waals surface area (Å²) in [6, 6.07) is 33.3. The SMILES string of the molecule is CN(C(c1ccccc1)c1ccccc1)S(=O)(=O)c1ccc2c(c1)/C(=C\c1nccs1)C(=O)N2Cc1ccccc1. The zero-order valence-electron chi connectivity index (χ0n) is 22.3. The van der Waals surface area contributed by atoms with Gasteiger partial charge in [-0.3, -0.25) is 4.79 Å². The minimum Gasteiger partial charge on any atom is -0.303 e. The van der Waals surface area contributed by atoms with Crippen LogP contribution in [0.25, 0.3) is 11.6 Å². The van der Waals surface area contributed by atoms with E-state index in [-0.39, 0.29) is 10.8 Å². The molecule has 0 unspecified atom stereocenters. The number of amides is 1. The number of carbonyl (C=O) groups is 1. The average Bonchev–Trinajstić information content (AvgIpc) is 3.61. The van der Waals surface area contributed by atoms with Crippen LogP contribution in [0.5, 0.6) is 0 Å². The van der Waals surface area contributed by atoms with Gasteiger partial charge in [0.05, 0.1) is 28.7 Å². The molecule has 0 aliphatic carbocycles. The number of nitrogens with zero attached hydrogens (tertiary/aromatic N) is 3. The summed E-state index contributed by atoms with van der Waals surface area (Å²) in [7, 11) is -2.37. The van der Waals surface area contributed by atoms with Crippen LogP contribution < -0.4 is 4.90 Å². The second-order valence-corrected chi connectivity index (χ2v) is 12.7. The summed E-state index contributed by atoms with van der Waals surface area (Å²) in [6.45, 7) is 0.373. The van der Waals surface area contributed by atoms with E-state index in [0.29, 0.717) is 28.4 Å². The molecule has 4 aromatic carbocycles. The van der Waals surface area contributed by atoms with Gasteiger partial charge in [0.2, 0.25) is 10.0 Å². The Hall–Kier alpha value is -4.37. The van der Waals surface area contributed by atoms with Gasteiger partial charge in [-0.2, -0.15) is 4.31 Å². The summed E-state index contributed by atoms with van der Waals surface area (Å²) in [5.74, 6) is -0.187. The number of thiazole rings is 1. The smallest absolute Gasteiger partial charge is 0.259 e. The number of hydrogen-bond acceptors (Lipinski definition) is 5. The van der Waals surface area contributed by atoms with E-state index < -0.39 is 16.1 Å². The third kappa shape index (κ3) is 5.25. The number of sulfonamides is 1. The molecule has 6 nitrogen and oxygen atoms in total. The topological polar surface area (TPSA) is 70.6 Å². The van der Waals surface area contributed by atoms with Crippen molar-refractivity contribution in [1.29, 1.82) is 0 Å². The molecule has 0 atom stereocenters. The van der Waals surface area contributed by atoms with Gasteiger partial charge in [0.15, 0.2) is 0 Å². The largest absolute Gasteiger partial charge is 0.303 e. The molecule has 0 radical (unpaired) electrons. The Morgan fingerprint density at radius 1 is 0.878 bits per heavy atom. The first kappa shape index (κ1) is 26.8. The fraction of sp³-hybridized carbons (Fsp3) is 0.0909. The molecule has 2 heterocycles. The first-order valence-corrected chi connectivity index (χ1v) is 15.4. The van der Waals surface area contributed by atoms with Crippen molar-refractivity contribution in [1.82, 2.24) is 9.29 Å². The highest BCUT2D eigenvalue weighted by Gasteiger charge is 2.36. The minimum absolute atomic E-state index is 0.120. The maximum atomic E-state index is 14.2. The van der Waals surface area contributed by atoms with E-state index in [1.54, 1.807) is 42.4 Å². The summed E-state index contributed by atoms with van der Waals surface area (Å²) in [5.41, 5.74) is 4.37. The highest BCUT2D eigenvalue weighted by molar-refractivity contribution is 7.89. The predicted molar refractivity (Wildman–Crippen MR) is 164 cm³/mol. The number of anilines is 1. The van der Waals surface area contributed by atoms with Crippen LogP contribution in [0.1, 0.15) is 33.3 Å². The monoisotopic (exact) mass is 577 g/mol. The number of benzene rings is 4. The molecule has 0 spiro atoms. The molecular formula is C33H27N3O3S2. The predicted octanol–water partition coefficient (Wildman–Crippen LogP) is 6.64. The summed E-state index contributed by atoms with van der Waals surface area (Å²) >= 11 is 1.42. The molecule has 41 heavy (non-hydrogen) atoms. The van der Waals surface area contributed by atoms with Gasteiger partial charge >= 0.3 is 0 Å². The van der Waals surface area contributed by atoms with Gasteiger partial charge in [-0.05, 0) is 41.0 Å². The Kier molecular flexibility index (Phi) is 7.36. The summed E-state index contributed by atoms with van der Waals surface area (Å²) in [4.78, 5) is 19.9. The Morgan fingerprint density at radius 2 is 1.49 bits per heavy atom. The molecule has 5 aromatic rings. The molecule has 1 aliphatic rings. The molecular weight excluding hydrogens is 551 g/mol. The first-order chi connectivity index (χ1) is 19.9.